The van der Waals surface area contributed by atoms with Crippen LogP contribution in [0.5, 0.6) is 5.75 Å². The van der Waals surface area contributed by atoms with Gasteiger partial charge in [0.15, 0.2) is 9.84 Å². The van der Waals surface area contributed by atoms with Crippen LogP contribution < -0.4 is 10.5 Å². The summed E-state index contributed by atoms with van der Waals surface area (Å²) in [6.45, 7) is 2.05. The van der Waals surface area contributed by atoms with Gasteiger partial charge in [-0.25, -0.2) is 8.42 Å². The number of hydrogen-bond acceptors (Lipinski definition) is 4. The van der Waals surface area contributed by atoms with Gasteiger partial charge in [-0.15, -0.1) is 0 Å². The van der Waals surface area contributed by atoms with E-state index in [1.807, 2.05) is 13.0 Å². The fourth-order valence-corrected chi connectivity index (χ4v) is 1.46. The molecular formula is C10H15NO3S. The molecule has 0 aliphatic heterocycles. The highest BCUT2D eigenvalue weighted by Gasteiger charge is 2.04. The van der Waals surface area contributed by atoms with Crippen molar-refractivity contribution in [3.63, 3.8) is 0 Å². The molecule has 0 amide bonds. The van der Waals surface area contributed by atoms with Crippen molar-refractivity contribution in [1.29, 1.82) is 0 Å². The summed E-state index contributed by atoms with van der Waals surface area (Å²) in [6, 6.07) is 5.40. The zero-order chi connectivity index (χ0) is 11.5. The Labute approximate surface area is 90.0 Å². The SMILES string of the molecule is Cc1ccc(N)c(OCCS(C)(=O)=O)c1. The monoisotopic (exact) mass is 229 g/mol. The molecule has 0 aromatic heterocycles. The summed E-state index contributed by atoms with van der Waals surface area (Å²) in [5.41, 5.74) is 7.21. The topological polar surface area (TPSA) is 69.4 Å². The van der Waals surface area contributed by atoms with Crippen molar-refractivity contribution >= 4 is 15.5 Å². The maximum Gasteiger partial charge on any atom is 0.150 e. The number of nitrogen functional groups attached to an aromatic ring is 1. The lowest BCUT2D eigenvalue weighted by molar-refractivity contribution is 0.342. The van der Waals surface area contributed by atoms with Gasteiger partial charge < -0.3 is 10.5 Å². The zero-order valence-corrected chi connectivity index (χ0v) is 9.67. The number of ether oxygens (including phenoxy) is 1. The molecule has 4 nitrogen and oxygen atoms in total. The first kappa shape index (κ1) is 11.8. The Morgan fingerprint density at radius 1 is 1.40 bits per heavy atom. The van der Waals surface area contributed by atoms with Gasteiger partial charge in [-0.2, -0.15) is 0 Å². The van der Waals surface area contributed by atoms with Crippen LogP contribution >= 0.6 is 0 Å². The Balaban J connectivity index is 2.61. The molecule has 0 radical (unpaired) electrons. The average Bonchev–Trinajstić information content (AvgIpc) is 2.09. The van der Waals surface area contributed by atoms with Crippen molar-refractivity contribution in [3.8, 4) is 5.75 Å². The summed E-state index contributed by atoms with van der Waals surface area (Å²) < 4.78 is 27.0. The molecule has 5 heteroatoms. The van der Waals surface area contributed by atoms with Crippen molar-refractivity contribution in [1.82, 2.24) is 0 Å². The number of sulfone groups is 1. The normalized spacial score (nSPS) is 11.3. The summed E-state index contributed by atoms with van der Waals surface area (Å²) in [5, 5.41) is 0. The highest BCUT2D eigenvalue weighted by atomic mass is 32.2. The van der Waals surface area contributed by atoms with Gasteiger partial charge >= 0.3 is 0 Å². The van der Waals surface area contributed by atoms with Crippen molar-refractivity contribution in [3.05, 3.63) is 23.8 Å². The Bertz CT molecular complexity index is 440. The average molecular weight is 229 g/mol. The van der Waals surface area contributed by atoms with Crippen LogP contribution in [-0.4, -0.2) is 27.0 Å². The minimum Gasteiger partial charge on any atom is -0.490 e. The van der Waals surface area contributed by atoms with E-state index in [1.165, 1.54) is 6.26 Å². The van der Waals surface area contributed by atoms with Crippen LogP contribution in [0.4, 0.5) is 5.69 Å². The second-order valence-electron chi connectivity index (χ2n) is 3.52. The summed E-state index contributed by atoms with van der Waals surface area (Å²) in [7, 11) is -2.98. The van der Waals surface area contributed by atoms with E-state index in [9.17, 15) is 8.42 Å². The van der Waals surface area contributed by atoms with Gasteiger partial charge in [0.2, 0.25) is 0 Å². The largest absolute Gasteiger partial charge is 0.490 e. The minimum atomic E-state index is -2.98. The van der Waals surface area contributed by atoms with E-state index in [0.717, 1.165) is 5.56 Å². The fourth-order valence-electron chi connectivity index (χ4n) is 1.07. The second-order valence-corrected chi connectivity index (χ2v) is 5.78. The molecular weight excluding hydrogens is 214 g/mol. The van der Waals surface area contributed by atoms with E-state index < -0.39 is 9.84 Å². The maximum absolute atomic E-state index is 10.9. The van der Waals surface area contributed by atoms with Crippen LogP contribution in [0.25, 0.3) is 0 Å². The van der Waals surface area contributed by atoms with Crippen LogP contribution in [-0.2, 0) is 9.84 Å². The molecule has 84 valence electrons. The molecule has 0 heterocycles. The maximum atomic E-state index is 10.9. The minimum absolute atomic E-state index is 0.000379. The molecule has 0 bridgehead atoms. The molecule has 0 saturated heterocycles. The molecule has 15 heavy (non-hydrogen) atoms. The van der Waals surface area contributed by atoms with Crippen molar-refractivity contribution in [2.75, 3.05) is 24.3 Å². The number of anilines is 1. The third-order valence-electron chi connectivity index (χ3n) is 1.88. The molecule has 0 saturated carbocycles. The van der Waals surface area contributed by atoms with Gasteiger partial charge in [-0.3, -0.25) is 0 Å². The smallest absolute Gasteiger partial charge is 0.150 e. The second kappa shape index (κ2) is 4.53. The van der Waals surface area contributed by atoms with Gasteiger partial charge in [0.05, 0.1) is 11.4 Å². The molecule has 0 aliphatic carbocycles. The summed E-state index contributed by atoms with van der Waals surface area (Å²) in [4.78, 5) is 0. The molecule has 0 spiro atoms. The first-order valence-electron chi connectivity index (χ1n) is 4.55. The van der Waals surface area contributed by atoms with E-state index in [2.05, 4.69) is 0 Å². The van der Waals surface area contributed by atoms with E-state index >= 15 is 0 Å². The lowest BCUT2D eigenvalue weighted by Crippen LogP contribution is -2.12. The van der Waals surface area contributed by atoms with Crippen molar-refractivity contribution in [2.45, 2.75) is 6.92 Å². The molecule has 1 rings (SSSR count). The lowest BCUT2D eigenvalue weighted by atomic mass is 10.2. The molecule has 0 atom stereocenters. The third kappa shape index (κ3) is 4.20. The Kier molecular flexibility index (Phi) is 3.57. The molecule has 2 N–H and O–H groups in total. The van der Waals surface area contributed by atoms with Crippen molar-refractivity contribution in [2.24, 2.45) is 0 Å². The number of nitrogens with two attached hydrogens (primary N) is 1. The first-order valence-corrected chi connectivity index (χ1v) is 6.61. The van der Waals surface area contributed by atoms with Crippen LogP contribution in [0.15, 0.2) is 18.2 Å². The molecule has 1 aromatic rings. The summed E-state index contributed by atoms with van der Waals surface area (Å²) in [5.74, 6) is 0.541. The van der Waals surface area contributed by atoms with Crippen LogP contribution in [0, 0.1) is 6.92 Å². The van der Waals surface area contributed by atoms with E-state index in [-0.39, 0.29) is 12.4 Å². The predicted octanol–water partition coefficient (Wildman–Crippen LogP) is 1.00. The first-order chi connectivity index (χ1) is 6.88. The third-order valence-corrected chi connectivity index (χ3v) is 2.79. The van der Waals surface area contributed by atoms with E-state index in [0.29, 0.717) is 11.4 Å². The van der Waals surface area contributed by atoms with Crippen LogP contribution in [0.2, 0.25) is 0 Å². The van der Waals surface area contributed by atoms with Crippen LogP contribution in [0.1, 0.15) is 5.56 Å². The van der Waals surface area contributed by atoms with Gasteiger partial charge in [0.25, 0.3) is 0 Å². The Morgan fingerprint density at radius 2 is 2.07 bits per heavy atom. The number of rotatable bonds is 4. The summed E-state index contributed by atoms with van der Waals surface area (Å²) in [6.07, 6.45) is 1.18. The zero-order valence-electron chi connectivity index (χ0n) is 8.86. The van der Waals surface area contributed by atoms with Gasteiger partial charge in [-0.05, 0) is 24.6 Å². The summed E-state index contributed by atoms with van der Waals surface area (Å²) >= 11 is 0. The van der Waals surface area contributed by atoms with Crippen LogP contribution in [0.3, 0.4) is 0 Å². The molecule has 1 aromatic carbocycles. The highest BCUT2D eigenvalue weighted by molar-refractivity contribution is 7.90. The quantitative estimate of drug-likeness (QED) is 0.782. The Morgan fingerprint density at radius 3 is 2.67 bits per heavy atom. The molecule has 0 fully saturated rings. The lowest BCUT2D eigenvalue weighted by Gasteiger charge is -2.08. The molecule has 0 unspecified atom stereocenters. The molecule has 0 aliphatic rings. The van der Waals surface area contributed by atoms with E-state index in [4.69, 9.17) is 10.5 Å². The number of benzene rings is 1. The number of hydrogen-bond donors (Lipinski definition) is 1. The fraction of sp³-hybridized carbons (Fsp3) is 0.400. The number of aryl methyl sites for hydroxylation is 1. The van der Waals surface area contributed by atoms with E-state index in [1.54, 1.807) is 12.1 Å². The van der Waals surface area contributed by atoms with Crippen molar-refractivity contribution < 1.29 is 13.2 Å². The Hall–Kier alpha value is -1.23. The van der Waals surface area contributed by atoms with Gasteiger partial charge in [-0.1, -0.05) is 6.07 Å². The van der Waals surface area contributed by atoms with Gasteiger partial charge in [0, 0.05) is 6.26 Å². The van der Waals surface area contributed by atoms with Gasteiger partial charge in [0.1, 0.15) is 12.4 Å². The standard InChI is InChI=1S/C10H15NO3S/c1-8-3-4-9(11)10(7-8)14-5-6-15(2,12)13/h3-4,7H,5-6,11H2,1-2H3. The highest BCUT2D eigenvalue weighted by Crippen LogP contribution is 2.22. The predicted molar refractivity (Wildman–Crippen MR) is 60.8 cm³/mol.